The van der Waals surface area contributed by atoms with Gasteiger partial charge in [0, 0.05) is 32.4 Å². The summed E-state index contributed by atoms with van der Waals surface area (Å²) in [5.74, 6) is 0.375. The Morgan fingerprint density at radius 3 is 2.40 bits per heavy atom. The largest absolute Gasteiger partial charge is 0.422 e. The van der Waals surface area contributed by atoms with Crippen molar-refractivity contribution in [1.29, 1.82) is 0 Å². The lowest BCUT2D eigenvalue weighted by Gasteiger charge is -2.22. The highest BCUT2D eigenvalue weighted by molar-refractivity contribution is 9.10. The first kappa shape index (κ1) is 18.4. The molecule has 0 fully saturated rings. The van der Waals surface area contributed by atoms with Gasteiger partial charge in [0.25, 0.3) is 0 Å². The van der Waals surface area contributed by atoms with Gasteiger partial charge < -0.3 is 4.52 Å². The van der Waals surface area contributed by atoms with Crippen LogP contribution >= 0.6 is 45.9 Å². The Bertz CT molecular complexity index is 529. The van der Waals surface area contributed by atoms with E-state index in [1.807, 2.05) is 13.8 Å². The second-order valence-corrected chi connectivity index (χ2v) is 7.92. The maximum absolute atomic E-state index is 5.91. The van der Waals surface area contributed by atoms with Crippen LogP contribution in [0.5, 0.6) is 0 Å². The fourth-order valence-electron chi connectivity index (χ4n) is 1.34. The molecule has 112 valence electrons. The van der Waals surface area contributed by atoms with Gasteiger partial charge in [0.05, 0.1) is 13.2 Å². The lowest BCUT2D eigenvalue weighted by molar-refractivity contribution is 0.210. The molecule has 0 bridgehead atoms. The van der Waals surface area contributed by atoms with Crippen molar-refractivity contribution in [2.75, 3.05) is 13.2 Å². The zero-order valence-corrected chi connectivity index (χ0v) is 15.7. The van der Waals surface area contributed by atoms with Gasteiger partial charge in [-0.3, -0.25) is 9.05 Å². The Morgan fingerprint density at radius 1 is 1.35 bits per heavy atom. The molecule has 1 aromatic rings. The molecule has 0 spiro atoms. The van der Waals surface area contributed by atoms with E-state index in [0.29, 0.717) is 24.0 Å². The Kier molecular flexibility index (Phi) is 8.06. The van der Waals surface area contributed by atoms with Crippen LogP contribution in [0, 0.1) is 0 Å². The molecule has 0 unspecified atom stereocenters. The first-order valence-corrected chi connectivity index (χ1v) is 9.96. The van der Waals surface area contributed by atoms with Gasteiger partial charge in [0.15, 0.2) is 0 Å². The first-order chi connectivity index (χ1) is 9.45. The molecular weight excluding hydrogens is 406 g/mol. The van der Waals surface area contributed by atoms with E-state index in [1.165, 1.54) is 5.54 Å². The average molecular weight is 420 g/mol. The molecule has 0 aliphatic rings. The second-order valence-electron chi connectivity index (χ2n) is 3.47. The molecule has 0 radical (unpaired) electrons. The van der Waals surface area contributed by atoms with Crippen LogP contribution in [-0.4, -0.2) is 13.2 Å². The van der Waals surface area contributed by atoms with Crippen molar-refractivity contribution in [3.05, 3.63) is 38.8 Å². The third-order valence-electron chi connectivity index (χ3n) is 2.08. The summed E-state index contributed by atoms with van der Waals surface area (Å²) in [7, 11) is 0. The van der Waals surface area contributed by atoms with Crippen molar-refractivity contribution < 1.29 is 13.6 Å². The minimum absolute atomic E-state index is 0.375. The van der Waals surface area contributed by atoms with Crippen LogP contribution in [0.25, 0.3) is 5.76 Å². The molecule has 3 nitrogen and oxygen atoms in total. The van der Waals surface area contributed by atoms with Crippen molar-refractivity contribution in [2.45, 2.75) is 13.8 Å². The maximum atomic E-state index is 5.91. The minimum atomic E-state index is -2.86. The third kappa shape index (κ3) is 5.30. The van der Waals surface area contributed by atoms with E-state index < -0.39 is 6.72 Å². The van der Waals surface area contributed by atoms with Crippen LogP contribution in [0.1, 0.15) is 19.4 Å². The summed E-state index contributed by atoms with van der Waals surface area (Å²) >= 11 is 20.5. The van der Waals surface area contributed by atoms with E-state index >= 15 is 0 Å². The average Bonchev–Trinajstić information content (AvgIpc) is 2.37. The summed E-state index contributed by atoms with van der Waals surface area (Å²) in [6.45, 7) is 1.58. The summed E-state index contributed by atoms with van der Waals surface area (Å²) < 4.78 is 17.3. The van der Waals surface area contributed by atoms with Gasteiger partial charge >= 0.3 is 6.72 Å². The fourth-order valence-corrected chi connectivity index (χ4v) is 4.52. The number of hydrogen-bond acceptors (Lipinski definition) is 4. The molecule has 0 aromatic heterocycles. The van der Waals surface area contributed by atoms with Crippen LogP contribution in [-0.2, 0) is 25.4 Å². The Morgan fingerprint density at radius 2 is 1.95 bits per heavy atom. The summed E-state index contributed by atoms with van der Waals surface area (Å²) in [4.78, 5) is 0. The van der Waals surface area contributed by atoms with Crippen LogP contribution in [0.4, 0.5) is 0 Å². The highest BCUT2D eigenvalue weighted by Gasteiger charge is 2.24. The van der Waals surface area contributed by atoms with Gasteiger partial charge in [-0.25, -0.2) is 0 Å². The molecule has 1 aromatic carbocycles. The Balaban J connectivity index is 3.05. The molecule has 20 heavy (non-hydrogen) atoms. The fraction of sp³-hybridized carbons (Fsp3) is 0.333. The lowest BCUT2D eigenvalue weighted by Crippen LogP contribution is -2.00. The van der Waals surface area contributed by atoms with Crippen molar-refractivity contribution in [2.24, 2.45) is 0 Å². The van der Waals surface area contributed by atoms with Crippen molar-refractivity contribution in [3.8, 4) is 0 Å². The third-order valence-corrected chi connectivity index (χ3v) is 5.59. The number of benzene rings is 1. The van der Waals surface area contributed by atoms with E-state index in [4.69, 9.17) is 48.6 Å². The van der Waals surface area contributed by atoms with Gasteiger partial charge in [-0.05, 0) is 48.0 Å². The Labute approximate surface area is 142 Å². The summed E-state index contributed by atoms with van der Waals surface area (Å²) in [6, 6.07) is 5.25. The van der Waals surface area contributed by atoms with E-state index in [0.717, 1.165) is 10.0 Å². The zero-order chi connectivity index (χ0) is 15.2. The molecule has 0 saturated heterocycles. The van der Waals surface area contributed by atoms with E-state index in [-0.39, 0.29) is 0 Å². The summed E-state index contributed by atoms with van der Waals surface area (Å²) in [6.07, 6.45) is 0. The summed E-state index contributed by atoms with van der Waals surface area (Å²) in [5, 5.41) is 0.601. The molecule has 1 rings (SSSR count). The maximum Gasteiger partial charge on any atom is 0.380 e. The monoisotopic (exact) mass is 418 g/mol. The minimum Gasteiger partial charge on any atom is -0.422 e. The van der Waals surface area contributed by atoms with Crippen molar-refractivity contribution in [3.63, 3.8) is 0 Å². The van der Waals surface area contributed by atoms with E-state index in [9.17, 15) is 0 Å². The molecule has 0 saturated carbocycles. The van der Waals surface area contributed by atoms with Gasteiger partial charge in [0.2, 0.25) is 0 Å². The van der Waals surface area contributed by atoms with Crippen LogP contribution in [0.15, 0.2) is 28.2 Å². The quantitative estimate of drug-likeness (QED) is 0.403. The number of halogens is 3. The first-order valence-electron chi connectivity index (χ1n) is 5.80. The standard InChI is InChI=1S/C12H14BrCl2O3PS/c1-3-16-19(20,17-4-2)18-12(8-14)10-6-5-9(15)7-11(10)13/h5-8H,3-4H2,1-2H3/b12-8-. The van der Waals surface area contributed by atoms with Gasteiger partial charge in [-0.15, -0.1) is 0 Å². The van der Waals surface area contributed by atoms with Gasteiger partial charge in [-0.2, -0.15) is 0 Å². The highest BCUT2D eigenvalue weighted by atomic mass is 79.9. The van der Waals surface area contributed by atoms with Crippen LogP contribution in [0.3, 0.4) is 0 Å². The van der Waals surface area contributed by atoms with E-state index in [1.54, 1.807) is 18.2 Å². The number of rotatable bonds is 7. The van der Waals surface area contributed by atoms with Crippen LogP contribution in [0.2, 0.25) is 5.02 Å². The Hall–Kier alpha value is 0.390. The molecule has 8 heteroatoms. The second kappa shape index (κ2) is 8.74. The SMILES string of the molecule is CCOP(=S)(OCC)O/C(=C\Cl)c1ccc(Cl)cc1Br. The summed E-state index contributed by atoms with van der Waals surface area (Å²) in [5.41, 5.74) is 2.02. The molecule has 0 atom stereocenters. The smallest absolute Gasteiger partial charge is 0.380 e. The molecule has 0 aliphatic heterocycles. The molecule has 0 amide bonds. The normalized spacial score (nSPS) is 12.6. The van der Waals surface area contributed by atoms with Crippen LogP contribution < -0.4 is 0 Å². The number of hydrogen-bond donors (Lipinski definition) is 0. The van der Waals surface area contributed by atoms with Gasteiger partial charge in [0.1, 0.15) is 5.76 Å². The molecular formula is C12H14BrCl2O3PS. The molecule has 0 N–H and O–H groups in total. The van der Waals surface area contributed by atoms with Crippen molar-refractivity contribution in [1.82, 2.24) is 0 Å². The molecule has 0 heterocycles. The lowest BCUT2D eigenvalue weighted by atomic mass is 10.2. The van der Waals surface area contributed by atoms with Crippen molar-refractivity contribution >= 4 is 63.4 Å². The highest BCUT2D eigenvalue weighted by Crippen LogP contribution is 2.53. The zero-order valence-electron chi connectivity index (χ0n) is 10.9. The predicted octanol–water partition coefficient (Wildman–Crippen LogP) is 5.95. The topological polar surface area (TPSA) is 27.7 Å². The molecule has 0 aliphatic carbocycles. The van der Waals surface area contributed by atoms with E-state index in [2.05, 4.69) is 15.9 Å². The van der Waals surface area contributed by atoms with Gasteiger partial charge in [-0.1, -0.05) is 23.2 Å². The predicted molar refractivity (Wildman–Crippen MR) is 91.6 cm³/mol.